The number of anilines is 1. The van der Waals surface area contributed by atoms with Crippen molar-refractivity contribution in [3.8, 4) is 11.5 Å². The summed E-state index contributed by atoms with van der Waals surface area (Å²) in [5.41, 5.74) is 6.19. The van der Waals surface area contributed by atoms with Crippen molar-refractivity contribution < 1.29 is 14.2 Å². The van der Waals surface area contributed by atoms with E-state index in [0.717, 1.165) is 0 Å². The van der Waals surface area contributed by atoms with E-state index in [4.69, 9.17) is 19.9 Å². The van der Waals surface area contributed by atoms with E-state index in [1.807, 2.05) is 0 Å². The number of nitrogen functional groups attached to an aromatic ring is 1. The Morgan fingerprint density at radius 3 is 2.83 bits per heavy atom. The van der Waals surface area contributed by atoms with Gasteiger partial charge in [-0.05, 0) is 12.1 Å². The second kappa shape index (κ2) is 2.57. The summed E-state index contributed by atoms with van der Waals surface area (Å²) in [6.07, 6.45) is 0. The zero-order valence-electron chi connectivity index (χ0n) is 6.61. The van der Waals surface area contributed by atoms with E-state index >= 15 is 0 Å². The van der Waals surface area contributed by atoms with Gasteiger partial charge in [-0.1, -0.05) is 0 Å². The summed E-state index contributed by atoms with van der Waals surface area (Å²) in [7, 11) is 1.51. The third-order valence-electron chi connectivity index (χ3n) is 1.61. The molecule has 1 aromatic carbocycles. The fraction of sp³-hybridized carbons (Fsp3) is 0.250. The van der Waals surface area contributed by atoms with Crippen LogP contribution >= 0.6 is 0 Å². The molecule has 2 rings (SSSR count). The van der Waals surface area contributed by atoms with E-state index in [2.05, 4.69) is 0 Å². The zero-order chi connectivity index (χ0) is 8.55. The van der Waals surface area contributed by atoms with E-state index < -0.39 is 6.48 Å². The molecule has 0 amide bonds. The van der Waals surface area contributed by atoms with Crippen LogP contribution in [0.25, 0.3) is 0 Å². The first-order chi connectivity index (χ1) is 5.79. The molecular weight excluding hydrogens is 158 g/mol. The lowest BCUT2D eigenvalue weighted by molar-refractivity contribution is -0.157. The average molecular weight is 167 g/mol. The third kappa shape index (κ3) is 1.06. The van der Waals surface area contributed by atoms with Crippen molar-refractivity contribution in [2.24, 2.45) is 0 Å². The Labute approximate surface area is 69.8 Å². The lowest BCUT2D eigenvalue weighted by Gasteiger charge is -2.05. The number of hydrogen-bond acceptors (Lipinski definition) is 4. The lowest BCUT2D eigenvalue weighted by atomic mass is 10.3. The Morgan fingerprint density at radius 1 is 1.33 bits per heavy atom. The van der Waals surface area contributed by atoms with Gasteiger partial charge in [-0.25, -0.2) is 0 Å². The molecule has 0 bridgehead atoms. The predicted molar refractivity (Wildman–Crippen MR) is 42.9 cm³/mol. The van der Waals surface area contributed by atoms with E-state index in [1.54, 1.807) is 18.2 Å². The summed E-state index contributed by atoms with van der Waals surface area (Å²) in [4.78, 5) is 0. The molecule has 4 nitrogen and oxygen atoms in total. The van der Waals surface area contributed by atoms with Crippen LogP contribution in [-0.4, -0.2) is 13.6 Å². The molecule has 0 spiro atoms. The number of rotatable bonds is 1. The first kappa shape index (κ1) is 7.24. The van der Waals surface area contributed by atoms with Crippen LogP contribution in [0.1, 0.15) is 0 Å². The number of ether oxygens (including phenoxy) is 3. The van der Waals surface area contributed by atoms with Gasteiger partial charge in [0.25, 0.3) is 0 Å². The molecule has 12 heavy (non-hydrogen) atoms. The van der Waals surface area contributed by atoms with Crippen LogP contribution in [-0.2, 0) is 4.74 Å². The maximum absolute atomic E-state index is 5.54. The van der Waals surface area contributed by atoms with Crippen LogP contribution < -0.4 is 15.2 Å². The summed E-state index contributed by atoms with van der Waals surface area (Å²) >= 11 is 0. The fourth-order valence-corrected chi connectivity index (χ4v) is 1.04. The Hall–Kier alpha value is -1.42. The monoisotopic (exact) mass is 167 g/mol. The van der Waals surface area contributed by atoms with Gasteiger partial charge in [-0.3, -0.25) is 0 Å². The first-order valence-electron chi connectivity index (χ1n) is 3.55. The zero-order valence-corrected chi connectivity index (χ0v) is 6.61. The minimum absolute atomic E-state index is 0.627. The lowest BCUT2D eigenvalue weighted by Crippen LogP contribution is -2.19. The minimum Gasteiger partial charge on any atom is -0.428 e. The molecule has 4 heteroatoms. The normalized spacial score (nSPS) is 19.6. The molecule has 64 valence electrons. The van der Waals surface area contributed by atoms with E-state index in [1.165, 1.54) is 7.11 Å². The number of benzene rings is 1. The number of fused-ring (bicyclic) bond motifs is 1. The number of hydrogen-bond donors (Lipinski definition) is 1. The Bertz CT molecular complexity index is 300. The van der Waals surface area contributed by atoms with Gasteiger partial charge in [0.1, 0.15) is 0 Å². The molecule has 0 aromatic heterocycles. The minimum atomic E-state index is -0.637. The van der Waals surface area contributed by atoms with Crippen molar-refractivity contribution in [3.63, 3.8) is 0 Å². The van der Waals surface area contributed by atoms with E-state index in [0.29, 0.717) is 17.2 Å². The summed E-state index contributed by atoms with van der Waals surface area (Å²) < 4.78 is 15.3. The molecule has 0 aliphatic carbocycles. The maximum Gasteiger partial charge on any atom is 0.360 e. The fourth-order valence-electron chi connectivity index (χ4n) is 1.04. The second-order valence-electron chi connectivity index (χ2n) is 2.47. The third-order valence-corrected chi connectivity index (χ3v) is 1.61. The highest BCUT2D eigenvalue weighted by Crippen LogP contribution is 2.35. The Morgan fingerprint density at radius 2 is 2.08 bits per heavy atom. The molecule has 0 saturated heterocycles. The quantitative estimate of drug-likeness (QED) is 0.633. The van der Waals surface area contributed by atoms with Crippen molar-refractivity contribution in [3.05, 3.63) is 18.2 Å². The molecule has 1 heterocycles. The number of nitrogens with two attached hydrogens (primary N) is 1. The van der Waals surface area contributed by atoms with E-state index in [-0.39, 0.29) is 0 Å². The van der Waals surface area contributed by atoms with Crippen molar-refractivity contribution in [2.75, 3.05) is 12.8 Å². The van der Waals surface area contributed by atoms with Crippen molar-refractivity contribution in [2.45, 2.75) is 6.48 Å². The van der Waals surface area contributed by atoms with Crippen molar-refractivity contribution in [1.29, 1.82) is 0 Å². The topological polar surface area (TPSA) is 53.7 Å². The molecule has 0 fully saturated rings. The molecule has 0 saturated carbocycles. The summed E-state index contributed by atoms with van der Waals surface area (Å²) in [6.45, 7) is -0.637. The molecular formula is C8H9NO3. The molecule has 1 aromatic rings. The van der Waals surface area contributed by atoms with Gasteiger partial charge in [0, 0.05) is 18.9 Å². The molecule has 1 atom stereocenters. The van der Waals surface area contributed by atoms with Gasteiger partial charge in [0.15, 0.2) is 11.5 Å². The van der Waals surface area contributed by atoms with Crippen LogP contribution in [0.5, 0.6) is 11.5 Å². The summed E-state index contributed by atoms with van der Waals surface area (Å²) in [5, 5.41) is 0. The Balaban J connectivity index is 2.30. The van der Waals surface area contributed by atoms with Gasteiger partial charge in [0.05, 0.1) is 0 Å². The van der Waals surface area contributed by atoms with Crippen molar-refractivity contribution >= 4 is 5.69 Å². The molecule has 1 unspecified atom stereocenters. The molecule has 1 aliphatic rings. The van der Waals surface area contributed by atoms with Crippen LogP contribution in [0.4, 0.5) is 5.69 Å². The average Bonchev–Trinajstić information content (AvgIpc) is 2.46. The smallest absolute Gasteiger partial charge is 0.360 e. The van der Waals surface area contributed by atoms with Crippen LogP contribution in [0.15, 0.2) is 18.2 Å². The van der Waals surface area contributed by atoms with Crippen LogP contribution in [0.2, 0.25) is 0 Å². The predicted octanol–water partition coefficient (Wildman–Crippen LogP) is 0.970. The second-order valence-corrected chi connectivity index (χ2v) is 2.47. The highest BCUT2D eigenvalue weighted by atomic mass is 16.9. The molecule has 0 radical (unpaired) electrons. The Kier molecular flexibility index (Phi) is 1.55. The first-order valence-corrected chi connectivity index (χ1v) is 3.55. The highest BCUT2D eigenvalue weighted by molar-refractivity contribution is 5.53. The van der Waals surface area contributed by atoms with Crippen LogP contribution in [0, 0.1) is 0 Å². The molecule has 1 aliphatic heterocycles. The van der Waals surface area contributed by atoms with Gasteiger partial charge in [0.2, 0.25) is 0 Å². The standard InChI is InChI=1S/C8H9NO3/c1-10-8-11-6-3-2-5(9)4-7(6)12-8/h2-4,8H,9H2,1H3. The van der Waals surface area contributed by atoms with Gasteiger partial charge < -0.3 is 19.9 Å². The van der Waals surface area contributed by atoms with Gasteiger partial charge in [-0.2, -0.15) is 0 Å². The SMILES string of the molecule is COC1Oc2ccc(N)cc2O1. The summed E-state index contributed by atoms with van der Waals surface area (Å²) in [6, 6.07) is 5.21. The van der Waals surface area contributed by atoms with Gasteiger partial charge in [-0.15, -0.1) is 0 Å². The summed E-state index contributed by atoms with van der Waals surface area (Å²) in [5.74, 6) is 1.29. The van der Waals surface area contributed by atoms with Crippen LogP contribution in [0.3, 0.4) is 0 Å². The molecule has 2 N–H and O–H groups in total. The van der Waals surface area contributed by atoms with E-state index in [9.17, 15) is 0 Å². The highest BCUT2D eigenvalue weighted by Gasteiger charge is 2.23. The van der Waals surface area contributed by atoms with Crippen molar-refractivity contribution in [1.82, 2.24) is 0 Å². The number of methoxy groups -OCH3 is 1. The maximum atomic E-state index is 5.54. The largest absolute Gasteiger partial charge is 0.428 e. The van der Waals surface area contributed by atoms with Gasteiger partial charge >= 0.3 is 6.48 Å².